The van der Waals surface area contributed by atoms with Gasteiger partial charge in [0, 0.05) is 12.9 Å². The Kier molecular flexibility index (Phi) is 3.70. The number of hydrogen-bond acceptors (Lipinski definition) is 3. The molecule has 4 heteroatoms. The Labute approximate surface area is 124 Å². The molecule has 1 N–H and O–H groups in total. The first-order chi connectivity index (χ1) is 9.78. The standard InChI is InChI=1S/C16H17ClN2O/c1-19-15-8-3-2-7-14(15)18-16(19)11-20-13-6-4-5-12(9-13)10-17/h2-9,16,18H,10-11H2,1H3. The maximum atomic E-state index is 5.87. The molecule has 3 rings (SSSR count). The van der Waals surface area contributed by atoms with Crippen molar-refractivity contribution in [2.24, 2.45) is 0 Å². The van der Waals surface area contributed by atoms with Gasteiger partial charge in [0.05, 0.1) is 11.4 Å². The van der Waals surface area contributed by atoms with Crippen molar-refractivity contribution in [3.63, 3.8) is 0 Å². The molecule has 0 radical (unpaired) electrons. The van der Waals surface area contributed by atoms with Crippen LogP contribution in [0.1, 0.15) is 5.56 Å². The SMILES string of the molecule is CN1c2ccccc2NC1COc1cccc(CCl)c1. The van der Waals surface area contributed by atoms with E-state index >= 15 is 0 Å². The van der Waals surface area contributed by atoms with Crippen LogP contribution in [0.2, 0.25) is 0 Å². The number of hydrogen-bond donors (Lipinski definition) is 1. The van der Waals surface area contributed by atoms with Crippen LogP contribution in [0.5, 0.6) is 5.75 Å². The number of likely N-dealkylation sites (N-methyl/N-ethyl adjacent to an activating group) is 1. The highest BCUT2D eigenvalue weighted by Gasteiger charge is 2.25. The van der Waals surface area contributed by atoms with E-state index in [9.17, 15) is 0 Å². The molecule has 3 nitrogen and oxygen atoms in total. The first-order valence-electron chi connectivity index (χ1n) is 6.64. The van der Waals surface area contributed by atoms with Crippen molar-refractivity contribution in [2.45, 2.75) is 12.0 Å². The molecule has 0 amide bonds. The molecule has 1 atom stereocenters. The summed E-state index contributed by atoms with van der Waals surface area (Å²) in [6, 6.07) is 16.2. The highest BCUT2D eigenvalue weighted by Crippen LogP contribution is 2.32. The van der Waals surface area contributed by atoms with Crippen molar-refractivity contribution in [3.8, 4) is 5.75 Å². The maximum Gasteiger partial charge on any atom is 0.134 e. The fraction of sp³-hybridized carbons (Fsp3) is 0.250. The zero-order valence-electron chi connectivity index (χ0n) is 11.3. The summed E-state index contributed by atoms with van der Waals surface area (Å²) in [6.45, 7) is 0.580. The van der Waals surface area contributed by atoms with Crippen molar-refractivity contribution >= 4 is 23.0 Å². The molecule has 2 aromatic carbocycles. The number of nitrogens with zero attached hydrogens (tertiary/aromatic N) is 1. The third kappa shape index (κ3) is 2.54. The summed E-state index contributed by atoms with van der Waals surface area (Å²) in [7, 11) is 2.07. The lowest BCUT2D eigenvalue weighted by Gasteiger charge is -2.22. The van der Waals surface area contributed by atoms with Gasteiger partial charge in [-0.1, -0.05) is 24.3 Å². The summed E-state index contributed by atoms with van der Waals surface area (Å²) in [5.74, 6) is 1.36. The highest BCUT2D eigenvalue weighted by molar-refractivity contribution is 6.17. The fourth-order valence-corrected chi connectivity index (χ4v) is 2.56. The second-order valence-corrected chi connectivity index (χ2v) is 5.15. The molecule has 1 aliphatic rings. The number of ether oxygens (including phenoxy) is 1. The van der Waals surface area contributed by atoms with E-state index in [-0.39, 0.29) is 6.17 Å². The molecule has 0 saturated heterocycles. The van der Waals surface area contributed by atoms with E-state index in [0.29, 0.717) is 12.5 Å². The van der Waals surface area contributed by atoms with Gasteiger partial charge in [0.15, 0.2) is 0 Å². The Bertz CT molecular complexity index is 603. The Morgan fingerprint density at radius 3 is 2.85 bits per heavy atom. The number of para-hydroxylation sites is 2. The Hall–Kier alpha value is -1.87. The van der Waals surface area contributed by atoms with Crippen LogP contribution in [0.15, 0.2) is 48.5 Å². The van der Waals surface area contributed by atoms with Crippen LogP contribution in [0.4, 0.5) is 11.4 Å². The van der Waals surface area contributed by atoms with Gasteiger partial charge in [-0.2, -0.15) is 0 Å². The van der Waals surface area contributed by atoms with Gasteiger partial charge in [-0.25, -0.2) is 0 Å². The minimum absolute atomic E-state index is 0.145. The van der Waals surface area contributed by atoms with E-state index in [4.69, 9.17) is 16.3 Å². The van der Waals surface area contributed by atoms with E-state index < -0.39 is 0 Å². The largest absolute Gasteiger partial charge is 0.489 e. The molecule has 0 saturated carbocycles. The van der Waals surface area contributed by atoms with Crippen molar-refractivity contribution < 1.29 is 4.74 Å². The van der Waals surface area contributed by atoms with E-state index in [1.54, 1.807) is 0 Å². The zero-order valence-corrected chi connectivity index (χ0v) is 12.1. The molecular formula is C16H17ClN2O. The van der Waals surface area contributed by atoms with Crippen LogP contribution >= 0.6 is 11.6 Å². The van der Waals surface area contributed by atoms with Gasteiger partial charge in [-0.15, -0.1) is 11.6 Å². The molecule has 0 bridgehead atoms. The summed E-state index contributed by atoms with van der Waals surface area (Å²) in [5.41, 5.74) is 3.42. The average Bonchev–Trinajstić information content (AvgIpc) is 2.82. The Morgan fingerprint density at radius 1 is 1.20 bits per heavy atom. The molecule has 0 aliphatic carbocycles. The van der Waals surface area contributed by atoms with E-state index in [0.717, 1.165) is 17.0 Å². The quantitative estimate of drug-likeness (QED) is 0.869. The van der Waals surface area contributed by atoms with Crippen LogP contribution in [-0.4, -0.2) is 19.8 Å². The Balaban J connectivity index is 1.65. The lowest BCUT2D eigenvalue weighted by Crippen LogP contribution is -2.37. The van der Waals surface area contributed by atoms with Crippen molar-refractivity contribution in [2.75, 3.05) is 23.9 Å². The van der Waals surface area contributed by atoms with Gasteiger partial charge in [0.2, 0.25) is 0 Å². The normalized spacial score (nSPS) is 16.7. The minimum atomic E-state index is 0.145. The highest BCUT2D eigenvalue weighted by atomic mass is 35.5. The van der Waals surface area contributed by atoms with E-state index in [1.165, 1.54) is 5.69 Å². The van der Waals surface area contributed by atoms with Crippen LogP contribution in [0.25, 0.3) is 0 Å². The predicted molar refractivity (Wildman–Crippen MR) is 83.7 cm³/mol. The van der Waals surface area contributed by atoms with Crippen molar-refractivity contribution in [1.82, 2.24) is 0 Å². The average molecular weight is 289 g/mol. The van der Waals surface area contributed by atoms with E-state index in [1.807, 2.05) is 36.4 Å². The summed E-state index contributed by atoms with van der Waals surface area (Å²) >= 11 is 5.83. The van der Waals surface area contributed by atoms with E-state index in [2.05, 4.69) is 29.4 Å². The number of halogens is 1. The van der Waals surface area contributed by atoms with Gasteiger partial charge in [-0.3, -0.25) is 0 Å². The second kappa shape index (κ2) is 5.63. The molecule has 1 unspecified atom stereocenters. The lowest BCUT2D eigenvalue weighted by atomic mass is 10.2. The smallest absolute Gasteiger partial charge is 0.134 e. The topological polar surface area (TPSA) is 24.5 Å². The van der Waals surface area contributed by atoms with Crippen LogP contribution in [0, 0.1) is 0 Å². The summed E-state index contributed by atoms with van der Waals surface area (Å²) in [4.78, 5) is 2.20. The molecule has 104 valence electrons. The maximum absolute atomic E-state index is 5.87. The molecule has 0 aromatic heterocycles. The molecular weight excluding hydrogens is 272 g/mol. The van der Waals surface area contributed by atoms with Crippen molar-refractivity contribution in [1.29, 1.82) is 0 Å². The van der Waals surface area contributed by atoms with Gasteiger partial charge in [0.25, 0.3) is 0 Å². The van der Waals surface area contributed by atoms with Gasteiger partial charge >= 0.3 is 0 Å². The number of anilines is 2. The molecule has 0 fully saturated rings. The molecule has 2 aromatic rings. The number of alkyl halides is 1. The molecule has 20 heavy (non-hydrogen) atoms. The first kappa shape index (κ1) is 13.1. The molecule has 0 spiro atoms. The zero-order chi connectivity index (χ0) is 13.9. The molecule has 1 aliphatic heterocycles. The van der Waals surface area contributed by atoms with Gasteiger partial charge in [0.1, 0.15) is 18.5 Å². The number of nitrogens with one attached hydrogen (secondary N) is 1. The lowest BCUT2D eigenvalue weighted by molar-refractivity contribution is 0.298. The van der Waals surface area contributed by atoms with Crippen LogP contribution < -0.4 is 15.0 Å². The summed E-state index contributed by atoms with van der Waals surface area (Å²) in [5, 5.41) is 3.46. The second-order valence-electron chi connectivity index (χ2n) is 4.88. The number of rotatable bonds is 4. The predicted octanol–water partition coefficient (Wildman–Crippen LogP) is 3.69. The summed E-state index contributed by atoms with van der Waals surface area (Å²) in [6.07, 6.45) is 0.145. The van der Waals surface area contributed by atoms with Gasteiger partial charge < -0.3 is 15.0 Å². The third-order valence-corrected chi connectivity index (χ3v) is 3.84. The summed E-state index contributed by atoms with van der Waals surface area (Å²) < 4.78 is 5.87. The third-order valence-electron chi connectivity index (χ3n) is 3.53. The number of benzene rings is 2. The van der Waals surface area contributed by atoms with Crippen LogP contribution in [0.3, 0.4) is 0 Å². The first-order valence-corrected chi connectivity index (χ1v) is 7.17. The van der Waals surface area contributed by atoms with Crippen molar-refractivity contribution in [3.05, 3.63) is 54.1 Å². The number of fused-ring (bicyclic) bond motifs is 1. The Morgan fingerprint density at radius 2 is 2.05 bits per heavy atom. The minimum Gasteiger partial charge on any atom is -0.489 e. The molecule has 1 heterocycles. The van der Waals surface area contributed by atoms with Crippen LogP contribution in [-0.2, 0) is 5.88 Å². The monoisotopic (exact) mass is 288 g/mol. The van der Waals surface area contributed by atoms with Gasteiger partial charge in [-0.05, 0) is 29.8 Å². The fourth-order valence-electron chi connectivity index (χ4n) is 2.39.